The topological polar surface area (TPSA) is 49.4 Å². The minimum atomic E-state index is -0.0112. The Hall–Kier alpha value is -2.46. The molecule has 2 aliphatic rings. The summed E-state index contributed by atoms with van der Waals surface area (Å²) in [5.41, 5.74) is 4.76. The van der Waals surface area contributed by atoms with Crippen LogP contribution in [-0.4, -0.2) is 35.7 Å². The van der Waals surface area contributed by atoms with E-state index in [1.54, 1.807) is 0 Å². The molecule has 4 nitrogen and oxygen atoms in total. The summed E-state index contributed by atoms with van der Waals surface area (Å²) in [4.78, 5) is 27.3. The van der Waals surface area contributed by atoms with Crippen LogP contribution in [0.25, 0.3) is 0 Å². The fourth-order valence-electron chi connectivity index (χ4n) is 4.51. The fraction of sp³-hybridized carbons (Fsp3) is 0.440. The van der Waals surface area contributed by atoms with Gasteiger partial charge in [-0.05, 0) is 54.9 Å². The summed E-state index contributed by atoms with van der Waals surface area (Å²) in [6.45, 7) is 2.79. The lowest BCUT2D eigenvalue weighted by Crippen LogP contribution is -2.37. The maximum Gasteiger partial charge on any atom is 0.220 e. The first-order valence-corrected chi connectivity index (χ1v) is 10.9. The first-order valence-electron chi connectivity index (χ1n) is 10.9. The summed E-state index contributed by atoms with van der Waals surface area (Å²) < 4.78 is 0. The Balaban J connectivity index is 1.21. The fourth-order valence-corrected chi connectivity index (χ4v) is 4.51. The lowest BCUT2D eigenvalue weighted by molar-refractivity contribution is -0.121. The van der Waals surface area contributed by atoms with Crippen molar-refractivity contribution in [3.05, 3.63) is 70.8 Å². The van der Waals surface area contributed by atoms with Crippen LogP contribution in [0.1, 0.15) is 59.2 Å². The van der Waals surface area contributed by atoms with Crippen LogP contribution < -0.4 is 5.32 Å². The van der Waals surface area contributed by atoms with Gasteiger partial charge in [0.25, 0.3) is 0 Å². The highest BCUT2D eigenvalue weighted by molar-refractivity contribution is 5.98. The Bertz CT molecular complexity index is 862. The Morgan fingerprint density at radius 3 is 2.59 bits per heavy atom. The highest BCUT2D eigenvalue weighted by atomic mass is 16.2. The first kappa shape index (κ1) is 19.8. The van der Waals surface area contributed by atoms with Crippen LogP contribution in [0, 0.1) is 0 Å². The van der Waals surface area contributed by atoms with Crippen LogP contribution in [0.3, 0.4) is 0 Å². The molecule has 0 spiro atoms. The lowest BCUT2D eigenvalue weighted by atomic mass is 9.89. The molecule has 0 radical (unpaired) electrons. The van der Waals surface area contributed by atoms with Crippen LogP contribution in [0.5, 0.6) is 0 Å². The maximum absolute atomic E-state index is 12.5. The largest absolute Gasteiger partial charge is 0.352 e. The van der Waals surface area contributed by atoms with Crippen molar-refractivity contribution in [1.82, 2.24) is 10.2 Å². The van der Waals surface area contributed by atoms with Gasteiger partial charge in [0.05, 0.1) is 0 Å². The Kier molecular flexibility index (Phi) is 6.40. The molecule has 1 aliphatic carbocycles. The quantitative estimate of drug-likeness (QED) is 0.729. The lowest BCUT2D eigenvalue weighted by Gasteiger charge is -2.17. The summed E-state index contributed by atoms with van der Waals surface area (Å²) in [5, 5.41) is 3.12. The molecule has 1 fully saturated rings. The number of nitrogens with zero attached hydrogens (tertiary/aromatic N) is 1. The van der Waals surface area contributed by atoms with Crippen molar-refractivity contribution in [3.63, 3.8) is 0 Å². The van der Waals surface area contributed by atoms with Crippen molar-refractivity contribution in [3.8, 4) is 0 Å². The number of hydrogen-bond acceptors (Lipinski definition) is 3. The highest BCUT2D eigenvalue weighted by Gasteiger charge is 2.24. The van der Waals surface area contributed by atoms with Crippen LogP contribution >= 0.6 is 0 Å². The number of carbonyl (C=O) groups is 2. The molecule has 1 aliphatic heterocycles. The minimum Gasteiger partial charge on any atom is -0.352 e. The molecule has 1 atom stereocenters. The van der Waals surface area contributed by atoms with Crippen LogP contribution in [-0.2, 0) is 24.2 Å². The summed E-state index contributed by atoms with van der Waals surface area (Å²) in [7, 11) is 0. The average molecular weight is 391 g/mol. The molecule has 1 saturated heterocycles. The third-order valence-electron chi connectivity index (χ3n) is 6.14. The van der Waals surface area contributed by atoms with E-state index in [1.807, 2.05) is 18.2 Å². The van der Waals surface area contributed by atoms with E-state index in [4.69, 9.17) is 0 Å². The van der Waals surface area contributed by atoms with Crippen molar-refractivity contribution < 1.29 is 9.59 Å². The van der Waals surface area contributed by atoms with Gasteiger partial charge in [-0.25, -0.2) is 0 Å². The Morgan fingerprint density at radius 2 is 1.76 bits per heavy atom. The zero-order valence-electron chi connectivity index (χ0n) is 17.0. The molecule has 2 aromatic rings. The Labute approximate surface area is 173 Å². The number of fused-ring (bicyclic) bond motifs is 1. The molecule has 1 unspecified atom stereocenters. The monoisotopic (exact) mass is 390 g/mol. The number of Topliss-reactive ketones (excluding diaryl/α,β-unsaturated/α-hetero) is 1. The van der Waals surface area contributed by atoms with E-state index in [2.05, 4.69) is 40.5 Å². The molecule has 4 heteroatoms. The van der Waals surface area contributed by atoms with Gasteiger partial charge in [-0.2, -0.15) is 0 Å². The van der Waals surface area contributed by atoms with E-state index in [1.165, 1.54) is 29.5 Å². The normalized spacial score (nSPS) is 19.0. The predicted molar refractivity (Wildman–Crippen MR) is 115 cm³/mol. The number of rotatable bonds is 7. The van der Waals surface area contributed by atoms with Gasteiger partial charge in [0.1, 0.15) is 0 Å². The van der Waals surface area contributed by atoms with Gasteiger partial charge in [0.15, 0.2) is 5.78 Å². The molecule has 2 aromatic carbocycles. The number of amides is 1. The van der Waals surface area contributed by atoms with Gasteiger partial charge in [-0.1, -0.05) is 42.5 Å². The smallest absolute Gasteiger partial charge is 0.220 e. The summed E-state index contributed by atoms with van der Waals surface area (Å²) in [6, 6.07) is 16.7. The molecule has 1 amide bonds. The number of carbonyl (C=O) groups excluding carboxylic acids is 2. The number of ketones is 1. The molecule has 29 heavy (non-hydrogen) atoms. The van der Waals surface area contributed by atoms with E-state index in [0.29, 0.717) is 0 Å². The number of benzene rings is 2. The maximum atomic E-state index is 12.5. The van der Waals surface area contributed by atoms with Crippen molar-refractivity contribution in [2.45, 2.75) is 57.5 Å². The van der Waals surface area contributed by atoms with Crippen LogP contribution in [0.15, 0.2) is 48.5 Å². The van der Waals surface area contributed by atoms with Gasteiger partial charge >= 0.3 is 0 Å². The van der Waals surface area contributed by atoms with Gasteiger partial charge in [0, 0.05) is 44.1 Å². The van der Waals surface area contributed by atoms with E-state index in [9.17, 15) is 9.59 Å². The highest BCUT2D eigenvalue weighted by Crippen LogP contribution is 2.23. The third kappa shape index (κ3) is 5.33. The molecule has 0 bridgehead atoms. The second-order valence-electron chi connectivity index (χ2n) is 8.39. The SMILES string of the molecule is O=C(CCC(=O)c1ccc2c(c1)CCCC2)NC1CCN(Cc2ccccc2)C1. The summed E-state index contributed by atoms with van der Waals surface area (Å²) in [5.74, 6) is 0.0634. The number of likely N-dealkylation sites (tertiary alicyclic amines) is 1. The van der Waals surface area contributed by atoms with Gasteiger partial charge in [0.2, 0.25) is 5.91 Å². The van der Waals surface area contributed by atoms with Crippen LogP contribution in [0.4, 0.5) is 0 Å². The number of hydrogen-bond donors (Lipinski definition) is 1. The molecule has 0 saturated carbocycles. The first-order chi connectivity index (χ1) is 14.2. The minimum absolute atomic E-state index is 0.0112. The third-order valence-corrected chi connectivity index (χ3v) is 6.14. The number of aryl methyl sites for hydroxylation is 2. The van der Waals surface area contributed by atoms with Crippen molar-refractivity contribution in [2.75, 3.05) is 13.1 Å². The van der Waals surface area contributed by atoms with Crippen molar-refractivity contribution in [2.24, 2.45) is 0 Å². The summed E-state index contributed by atoms with van der Waals surface area (Å²) in [6.07, 6.45) is 6.15. The molecule has 1 N–H and O–H groups in total. The zero-order valence-corrected chi connectivity index (χ0v) is 17.0. The van der Waals surface area contributed by atoms with Crippen molar-refractivity contribution in [1.29, 1.82) is 0 Å². The van der Waals surface area contributed by atoms with Gasteiger partial charge in [-0.3, -0.25) is 14.5 Å². The van der Waals surface area contributed by atoms with E-state index >= 15 is 0 Å². The molecule has 1 heterocycles. The average Bonchev–Trinajstić information content (AvgIpc) is 3.19. The zero-order chi connectivity index (χ0) is 20.1. The second-order valence-corrected chi connectivity index (χ2v) is 8.39. The Morgan fingerprint density at radius 1 is 0.966 bits per heavy atom. The molecular weight excluding hydrogens is 360 g/mol. The van der Waals surface area contributed by atoms with E-state index < -0.39 is 0 Å². The van der Waals surface area contributed by atoms with Crippen LogP contribution in [0.2, 0.25) is 0 Å². The standard InChI is InChI=1S/C25H30N2O2/c28-24(22-11-10-20-8-4-5-9-21(20)16-22)12-13-25(29)26-23-14-15-27(18-23)17-19-6-2-1-3-7-19/h1-3,6-7,10-11,16,23H,4-5,8-9,12-15,17-18H2,(H,26,29). The molecule has 152 valence electrons. The number of nitrogens with one attached hydrogen (secondary N) is 1. The van der Waals surface area contributed by atoms with Gasteiger partial charge < -0.3 is 5.32 Å². The molecule has 0 aromatic heterocycles. The van der Waals surface area contributed by atoms with E-state index in [0.717, 1.165) is 44.5 Å². The predicted octanol–water partition coefficient (Wildman–Crippen LogP) is 3.92. The van der Waals surface area contributed by atoms with Crippen molar-refractivity contribution >= 4 is 11.7 Å². The van der Waals surface area contributed by atoms with Gasteiger partial charge in [-0.15, -0.1) is 0 Å². The molecular formula is C25H30N2O2. The summed E-state index contributed by atoms with van der Waals surface area (Å²) >= 11 is 0. The molecule has 4 rings (SSSR count). The van der Waals surface area contributed by atoms with E-state index in [-0.39, 0.29) is 30.6 Å². The second kappa shape index (κ2) is 9.36.